The monoisotopic (exact) mass is 286 g/mol. The Kier molecular flexibility index (Phi) is 7.36. The molecule has 19 heavy (non-hydrogen) atoms. The number of nitrogens with zero attached hydrogens (tertiary/aromatic N) is 1. The van der Waals surface area contributed by atoms with Gasteiger partial charge in [-0.2, -0.15) is 0 Å². The molecule has 1 aromatic carbocycles. The molecule has 1 atom stereocenters. The van der Waals surface area contributed by atoms with Crippen LogP contribution in [0.3, 0.4) is 0 Å². The first-order chi connectivity index (χ1) is 9.02. The van der Waals surface area contributed by atoms with Crippen LogP contribution in [0.15, 0.2) is 18.2 Å². The highest BCUT2D eigenvalue weighted by Crippen LogP contribution is 2.19. The number of hydrogen-bond acceptors (Lipinski definition) is 2. The molecule has 0 fully saturated rings. The summed E-state index contributed by atoms with van der Waals surface area (Å²) >= 11 is 6.09. The normalized spacial score (nSPS) is 12.9. The fourth-order valence-corrected chi connectivity index (χ4v) is 2.24. The highest BCUT2D eigenvalue weighted by atomic mass is 35.5. The highest BCUT2D eigenvalue weighted by Gasteiger charge is 2.12. The Morgan fingerprint density at radius 1 is 1.37 bits per heavy atom. The van der Waals surface area contributed by atoms with Crippen LogP contribution >= 0.6 is 11.6 Å². The Hall–Kier alpha value is -0.640. The zero-order valence-electron chi connectivity index (χ0n) is 12.0. The molecule has 0 saturated carbocycles. The Balaban J connectivity index is 2.63. The van der Waals surface area contributed by atoms with E-state index in [1.807, 2.05) is 0 Å². The zero-order valence-corrected chi connectivity index (χ0v) is 12.8. The summed E-state index contributed by atoms with van der Waals surface area (Å²) in [7, 11) is 4.14. The summed E-state index contributed by atoms with van der Waals surface area (Å²) in [4.78, 5) is 2.17. The average Bonchev–Trinajstić information content (AvgIpc) is 2.35. The summed E-state index contributed by atoms with van der Waals surface area (Å²) in [5, 5.41) is 4.06. The molecule has 0 radical (unpaired) electrons. The molecule has 2 nitrogen and oxygen atoms in total. The zero-order chi connectivity index (χ0) is 14.3. The molecular formula is C15H24ClFN2. The van der Waals surface area contributed by atoms with Crippen molar-refractivity contribution in [3.8, 4) is 0 Å². The maximum Gasteiger partial charge on any atom is 0.124 e. The molecular weight excluding hydrogens is 263 g/mol. The van der Waals surface area contributed by atoms with Gasteiger partial charge in [-0.25, -0.2) is 4.39 Å². The van der Waals surface area contributed by atoms with E-state index in [0.29, 0.717) is 11.1 Å². The molecule has 0 aliphatic carbocycles. The molecule has 0 aliphatic rings. The Morgan fingerprint density at radius 3 is 2.68 bits per heavy atom. The molecule has 0 aliphatic heterocycles. The fraction of sp³-hybridized carbons (Fsp3) is 0.600. The summed E-state index contributed by atoms with van der Waals surface area (Å²) in [5.74, 6) is -0.278. The molecule has 0 amide bonds. The minimum absolute atomic E-state index is 0.278. The van der Waals surface area contributed by atoms with Crippen LogP contribution in [0.1, 0.15) is 25.3 Å². The van der Waals surface area contributed by atoms with Gasteiger partial charge < -0.3 is 10.2 Å². The molecule has 0 spiro atoms. The van der Waals surface area contributed by atoms with Gasteiger partial charge in [-0.05, 0) is 64.1 Å². The van der Waals surface area contributed by atoms with E-state index < -0.39 is 0 Å². The van der Waals surface area contributed by atoms with Gasteiger partial charge in [0.1, 0.15) is 5.82 Å². The standard InChI is InChI=1S/C15H24ClFN2/c1-4-8-18-14(7-9-19(2)3)10-12-5-6-13(17)11-15(12)16/h5-6,11,14,18H,4,7-10H2,1-3H3. The van der Waals surface area contributed by atoms with Crippen molar-refractivity contribution in [3.63, 3.8) is 0 Å². The molecule has 4 heteroatoms. The summed E-state index contributed by atoms with van der Waals surface area (Å²) in [6, 6.07) is 5.03. The highest BCUT2D eigenvalue weighted by molar-refractivity contribution is 6.31. The van der Waals surface area contributed by atoms with E-state index in [1.165, 1.54) is 12.1 Å². The molecule has 108 valence electrons. The molecule has 0 heterocycles. The summed E-state index contributed by atoms with van der Waals surface area (Å²) in [5.41, 5.74) is 1.01. The first kappa shape index (κ1) is 16.4. The molecule has 1 rings (SSSR count). The third-order valence-corrected chi connectivity index (χ3v) is 3.44. The lowest BCUT2D eigenvalue weighted by Gasteiger charge is -2.21. The summed E-state index contributed by atoms with van der Waals surface area (Å²) in [6.07, 6.45) is 3.00. The van der Waals surface area contributed by atoms with Crippen molar-refractivity contribution >= 4 is 11.6 Å². The quantitative estimate of drug-likeness (QED) is 0.788. The van der Waals surface area contributed by atoms with E-state index >= 15 is 0 Å². The minimum atomic E-state index is -0.278. The van der Waals surface area contributed by atoms with Gasteiger partial charge in [-0.15, -0.1) is 0 Å². The largest absolute Gasteiger partial charge is 0.314 e. The van der Waals surface area contributed by atoms with Gasteiger partial charge in [0.2, 0.25) is 0 Å². The van der Waals surface area contributed by atoms with Crippen molar-refractivity contribution in [2.45, 2.75) is 32.2 Å². The second-order valence-electron chi connectivity index (χ2n) is 5.18. The van der Waals surface area contributed by atoms with Crippen LogP contribution in [0, 0.1) is 5.82 Å². The first-order valence-electron chi connectivity index (χ1n) is 6.85. The molecule has 1 unspecified atom stereocenters. The lowest BCUT2D eigenvalue weighted by atomic mass is 10.0. The SMILES string of the molecule is CCCNC(CCN(C)C)Cc1ccc(F)cc1Cl. The maximum atomic E-state index is 13.0. The van der Waals surface area contributed by atoms with Gasteiger partial charge >= 0.3 is 0 Å². The van der Waals surface area contributed by atoms with Crippen LogP contribution in [0.4, 0.5) is 4.39 Å². The summed E-state index contributed by atoms with van der Waals surface area (Å²) < 4.78 is 13.0. The van der Waals surface area contributed by atoms with Gasteiger partial charge in [0.15, 0.2) is 0 Å². The van der Waals surface area contributed by atoms with Crippen molar-refractivity contribution in [2.75, 3.05) is 27.2 Å². The van der Waals surface area contributed by atoms with Crippen molar-refractivity contribution in [1.29, 1.82) is 0 Å². The maximum absolute atomic E-state index is 13.0. The predicted molar refractivity (Wildman–Crippen MR) is 80.4 cm³/mol. The van der Waals surface area contributed by atoms with Crippen LogP contribution in [-0.4, -0.2) is 38.1 Å². The van der Waals surface area contributed by atoms with E-state index in [9.17, 15) is 4.39 Å². The van der Waals surface area contributed by atoms with Crippen LogP contribution in [0.2, 0.25) is 5.02 Å². The van der Waals surface area contributed by atoms with Crippen molar-refractivity contribution in [1.82, 2.24) is 10.2 Å². The Labute approximate surface area is 120 Å². The van der Waals surface area contributed by atoms with Crippen LogP contribution in [0.25, 0.3) is 0 Å². The van der Waals surface area contributed by atoms with E-state index in [2.05, 4.69) is 31.2 Å². The molecule has 0 saturated heterocycles. The van der Waals surface area contributed by atoms with Crippen molar-refractivity contribution in [2.24, 2.45) is 0 Å². The van der Waals surface area contributed by atoms with E-state index in [-0.39, 0.29) is 5.82 Å². The third-order valence-electron chi connectivity index (χ3n) is 3.09. The fourth-order valence-electron chi connectivity index (χ4n) is 1.99. The van der Waals surface area contributed by atoms with Crippen LogP contribution in [0.5, 0.6) is 0 Å². The van der Waals surface area contributed by atoms with E-state index in [0.717, 1.165) is 37.9 Å². The van der Waals surface area contributed by atoms with Crippen molar-refractivity contribution in [3.05, 3.63) is 34.6 Å². The van der Waals surface area contributed by atoms with Gasteiger partial charge in [-0.1, -0.05) is 24.6 Å². The topological polar surface area (TPSA) is 15.3 Å². The number of benzene rings is 1. The van der Waals surface area contributed by atoms with Gasteiger partial charge in [0.25, 0.3) is 0 Å². The minimum Gasteiger partial charge on any atom is -0.314 e. The molecule has 0 bridgehead atoms. The molecule has 0 aromatic heterocycles. The number of halogens is 2. The Bertz CT molecular complexity index is 382. The molecule has 1 N–H and O–H groups in total. The Morgan fingerprint density at radius 2 is 2.11 bits per heavy atom. The first-order valence-corrected chi connectivity index (χ1v) is 7.22. The predicted octanol–water partition coefficient (Wildman–Crippen LogP) is 3.34. The van der Waals surface area contributed by atoms with Gasteiger partial charge in [0.05, 0.1) is 0 Å². The smallest absolute Gasteiger partial charge is 0.124 e. The number of rotatable bonds is 8. The second kappa shape index (κ2) is 8.51. The number of nitrogens with one attached hydrogen (secondary N) is 1. The number of hydrogen-bond donors (Lipinski definition) is 1. The lowest BCUT2D eigenvalue weighted by molar-refractivity contribution is 0.356. The lowest BCUT2D eigenvalue weighted by Crippen LogP contribution is -2.34. The summed E-state index contributed by atoms with van der Waals surface area (Å²) in [6.45, 7) is 4.18. The van der Waals surface area contributed by atoms with Gasteiger partial charge in [0, 0.05) is 11.1 Å². The average molecular weight is 287 g/mol. The van der Waals surface area contributed by atoms with E-state index in [1.54, 1.807) is 6.07 Å². The molecule has 1 aromatic rings. The van der Waals surface area contributed by atoms with E-state index in [4.69, 9.17) is 11.6 Å². The van der Waals surface area contributed by atoms with Crippen LogP contribution < -0.4 is 5.32 Å². The third kappa shape index (κ3) is 6.37. The second-order valence-corrected chi connectivity index (χ2v) is 5.59. The van der Waals surface area contributed by atoms with Crippen LogP contribution in [-0.2, 0) is 6.42 Å². The van der Waals surface area contributed by atoms with Crippen molar-refractivity contribution < 1.29 is 4.39 Å². The van der Waals surface area contributed by atoms with Gasteiger partial charge in [-0.3, -0.25) is 0 Å².